The van der Waals surface area contributed by atoms with Gasteiger partial charge in [0.2, 0.25) is 10.0 Å². The van der Waals surface area contributed by atoms with Crippen LogP contribution in [0.3, 0.4) is 0 Å². The van der Waals surface area contributed by atoms with Gasteiger partial charge in [-0.15, -0.1) is 0 Å². The Labute approximate surface area is 187 Å². The first-order valence-corrected chi connectivity index (χ1v) is 12.2. The van der Waals surface area contributed by atoms with Crippen molar-refractivity contribution in [3.8, 4) is 0 Å². The quantitative estimate of drug-likeness (QED) is 0.731. The number of rotatable bonds is 5. The van der Waals surface area contributed by atoms with Gasteiger partial charge in [-0.1, -0.05) is 11.6 Å². The number of sulfonamides is 1. The van der Waals surface area contributed by atoms with Gasteiger partial charge in [0.25, 0.3) is 5.91 Å². The number of amides is 1. The highest BCUT2D eigenvalue weighted by atomic mass is 35.5. The van der Waals surface area contributed by atoms with E-state index in [1.807, 2.05) is 0 Å². The summed E-state index contributed by atoms with van der Waals surface area (Å²) in [6.07, 6.45) is 5.04. The zero-order chi connectivity index (χ0) is 21.8. The molecule has 3 heterocycles. The summed E-state index contributed by atoms with van der Waals surface area (Å²) in [7, 11) is -3.74. The molecule has 1 aromatic carbocycles. The first-order chi connectivity index (χ1) is 15.0. The molecule has 2 saturated heterocycles. The number of aromatic nitrogens is 1. The maximum atomic E-state index is 13.1. The summed E-state index contributed by atoms with van der Waals surface area (Å²) in [5.41, 5.74) is 0.677. The van der Waals surface area contributed by atoms with Gasteiger partial charge in [0.15, 0.2) is 5.82 Å². The highest BCUT2D eigenvalue weighted by Crippen LogP contribution is 2.28. The Balaban J connectivity index is 1.59. The molecule has 2 fully saturated rings. The summed E-state index contributed by atoms with van der Waals surface area (Å²) in [6, 6.07) is 7.74. The van der Waals surface area contributed by atoms with Crippen molar-refractivity contribution in [2.24, 2.45) is 0 Å². The second kappa shape index (κ2) is 9.52. The largest absolute Gasteiger partial charge is 0.379 e. The molecule has 2 aliphatic heterocycles. The predicted octanol–water partition coefficient (Wildman–Crippen LogP) is 3.00. The molecule has 2 aliphatic rings. The van der Waals surface area contributed by atoms with Gasteiger partial charge in [-0.2, -0.15) is 4.31 Å². The number of nitrogens with one attached hydrogen (secondary N) is 1. The van der Waals surface area contributed by atoms with Gasteiger partial charge >= 0.3 is 0 Å². The minimum absolute atomic E-state index is 0.0337. The predicted molar refractivity (Wildman–Crippen MR) is 119 cm³/mol. The van der Waals surface area contributed by atoms with Crippen molar-refractivity contribution in [3.63, 3.8) is 0 Å². The number of morpholine rings is 1. The number of pyridine rings is 1. The van der Waals surface area contributed by atoms with Gasteiger partial charge in [-0.05, 0) is 49.6 Å². The third-order valence-corrected chi connectivity index (χ3v) is 7.70. The molecular formula is C21H25ClN4O4S. The van der Waals surface area contributed by atoms with E-state index >= 15 is 0 Å². The molecule has 0 atom stereocenters. The van der Waals surface area contributed by atoms with Crippen LogP contribution in [0.5, 0.6) is 0 Å². The van der Waals surface area contributed by atoms with E-state index < -0.39 is 15.9 Å². The molecule has 10 heteroatoms. The third-order valence-electron chi connectivity index (χ3n) is 5.48. The van der Waals surface area contributed by atoms with Gasteiger partial charge in [-0.3, -0.25) is 4.79 Å². The van der Waals surface area contributed by atoms with Crippen molar-refractivity contribution >= 4 is 39.0 Å². The number of anilines is 2. The smallest absolute Gasteiger partial charge is 0.257 e. The lowest BCUT2D eigenvalue weighted by Crippen LogP contribution is -2.40. The normalized spacial score (nSPS) is 18.0. The molecule has 1 amide bonds. The van der Waals surface area contributed by atoms with Crippen molar-refractivity contribution < 1.29 is 17.9 Å². The molecule has 2 aromatic rings. The molecule has 166 valence electrons. The number of carbonyl (C=O) groups excluding carboxylic acids is 1. The number of carbonyl (C=O) groups is 1. The zero-order valence-corrected chi connectivity index (χ0v) is 18.7. The number of piperidine rings is 1. The Morgan fingerprint density at radius 2 is 1.81 bits per heavy atom. The fraction of sp³-hybridized carbons (Fsp3) is 0.429. The average molecular weight is 465 g/mol. The highest BCUT2D eigenvalue weighted by molar-refractivity contribution is 7.89. The van der Waals surface area contributed by atoms with Crippen molar-refractivity contribution in [2.45, 2.75) is 24.2 Å². The lowest BCUT2D eigenvalue weighted by molar-refractivity contribution is 0.0730. The first-order valence-electron chi connectivity index (χ1n) is 10.4. The molecule has 31 heavy (non-hydrogen) atoms. The third kappa shape index (κ3) is 4.85. The summed E-state index contributed by atoms with van der Waals surface area (Å²) < 4.78 is 32.5. The minimum atomic E-state index is -3.74. The van der Waals surface area contributed by atoms with E-state index in [0.29, 0.717) is 24.7 Å². The number of hydrogen-bond donors (Lipinski definition) is 1. The van der Waals surface area contributed by atoms with Crippen LogP contribution in [-0.4, -0.2) is 63.0 Å². The van der Waals surface area contributed by atoms with Crippen LogP contribution in [0.4, 0.5) is 11.5 Å². The van der Waals surface area contributed by atoms with E-state index in [4.69, 9.17) is 16.3 Å². The summed E-state index contributed by atoms with van der Waals surface area (Å²) in [4.78, 5) is 19.7. The van der Waals surface area contributed by atoms with Crippen LogP contribution in [0.15, 0.2) is 41.4 Å². The van der Waals surface area contributed by atoms with Crippen LogP contribution in [-0.2, 0) is 14.8 Å². The van der Waals surface area contributed by atoms with Crippen LogP contribution >= 0.6 is 11.6 Å². The topological polar surface area (TPSA) is 91.8 Å². The summed E-state index contributed by atoms with van der Waals surface area (Å²) in [5.74, 6) is 0.235. The van der Waals surface area contributed by atoms with E-state index in [2.05, 4.69) is 15.2 Å². The number of benzene rings is 1. The maximum Gasteiger partial charge on any atom is 0.257 e. The Bertz CT molecular complexity index is 1050. The molecule has 0 radical (unpaired) electrons. The van der Waals surface area contributed by atoms with Crippen LogP contribution < -0.4 is 10.2 Å². The van der Waals surface area contributed by atoms with Gasteiger partial charge in [0.1, 0.15) is 0 Å². The number of ether oxygens (including phenoxy) is 1. The molecule has 1 aromatic heterocycles. The van der Waals surface area contributed by atoms with Crippen molar-refractivity contribution in [3.05, 3.63) is 47.1 Å². The Kier molecular flexibility index (Phi) is 6.76. The molecule has 4 rings (SSSR count). The lowest BCUT2D eigenvalue weighted by Gasteiger charge is -2.29. The van der Waals surface area contributed by atoms with Crippen molar-refractivity contribution in [2.75, 3.05) is 49.6 Å². The monoisotopic (exact) mass is 464 g/mol. The highest BCUT2D eigenvalue weighted by Gasteiger charge is 2.28. The molecular weight excluding hydrogens is 440 g/mol. The van der Waals surface area contributed by atoms with Crippen LogP contribution in [0.25, 0.3) is 0 Å². The Hall–Kier alpha value is -2.20. The summed E-state index contributed by atoms with van der Waals surface area (Å²) in [6.45, 7) is 3.02. The number of nitrogens with zero attached hydrogens (tertiary/aromatic N) is 3. The molecule has 0 spiro atoms. The lowest BCUT2D eigenvalue weighted by atomic mass is 10.1. The Morgan fingerprint density at radius 3 is 2.55 bits per heavy atom. The van der Waals surface area contributed by atoms with Gasteiger partial charge < -0.3 is 15.0 Å². The fourth-order valence-electron chi connectivity index (χ4n) is 3.82. The second-order valence-corrected chi connectivity index (χ2v) is 9.88. The van der Waals surface area contributed by atoms with E-state index in [0.717, 1.165) is 25.9 Å². The van der Waals surface area contributed by atoms with Crippen LogP contribution in [0, 0.1) is 0 Å². The number of halogens is 1. The van der Waals surface area contributed by atoms with Gasteiger partial charge in [0.05, 0.1) is 34.4 Å². The minimum Gasteiger partial charge on any atom is -0.379 e. The van der Waals surface area contributed by atoms with Crippen LogP contribution in [0.2, 0.25) is 5.02 Å². The molecule has 0 aliphatic carbocycles. The first kappa shape index (κ1) is 22.0. The van der Waals surface area contributed by atoms with Crippen LogP contribution in [0.1, 0.15) is 29.6 Å². The van der Waals surface area contributed by atoms with Gasteiger partial charge in [0, 0.05) is 32.4 Å². The molecule has 0 bridgehead atoms. The molecule has 1 N–H and O–H groups in total. The molecule has 0 saturated carbocycles. The SMILES string of the molecule is O=C(Nc1cccnc1N1CCCCC1)c1cc(S(=O)(=O)N2CCOCC2)ccc1Cl. The Morgan fingerprint density at radius 1 is 1.06 bits per heavy atom. The number of hydrogen-bond acceptors (Lipinski definition) is 6. The van der Waals surface area contributed by atoms with Crippen molar-refractivity contribution in [1.29, 1.82) is 0 Å². The van der Waals surface area contributed by atoms with E-state index in [-0.39, 0.29) is 28.6 Å². The summed E-state index contributed by atoms with van der Waals surface area (Å²) >= 11 is 6.27. The molecule has 8 nitrogen and oxygen atoms in total. The standard InChI is InChI=1S/C21H25ClN4O4S/c22-18-7-6-16(31(28,29)26-11-13-30-14-12-26)15-17(18)21(27)24-19-5-4-8-23-20(19)25-9-2-1-3-10-25/h4-8,15H,1-3,9-14H2,(H,24,27). The van der Waals surface area contributed by atoms with E-state index in [1.165, 1.54) is 28.9 Å². The maximum absolute atomic E-state index is 13.1. The fourth-order valence-corrected chi connectivity index (χ4v) is 5.45. The van der Waals surface area contributed by atoms with Crippen molar-refractivity contribution in [1.82, 2.24) is 9.29 Å². The van der Waals surface area contributed by atoms with E-state index in [9.17, 15) is 13.2 Å². The molecule has 0 unspecified atom stereocenters. The van der Waals surface area contributed by atoms with Gasteiger partial charge in [-0.25, -0.2) is 13.4 Å². The second-order valence-electron chi connectivity index (χ2n) is 7.53. The summed E-state index contributed by atoms with van der Waals surface area (Å²) in [5, 5.41) is 3.05. The average Bonchev–Trinajstić information content (AvgIpc) is 2.80. The van der Waals surface area contributed by atoms with E-state index in [1.54, 1.807) is 18.3 Å². The zero-order valence-electron chi connectivity index (χ0n) is 17.1.